The molecule has 2 aromatic rings. The summed E-state index contributed by atoms with van der Waals surface area (Å²) in [5, 5.41) is -0.0490. The van der Waals surface area contributed by atoms with Gasteiger partial charge in [-0.1, -0.05) is 12.1 Å². The average molecular weight is 278 g/mol. The molecule has 0 aliphatic carbocycles. The van der Waals surface area contributed by atoms with Gasteiger partial charge in [0.05, 0.1) is 16.4 Å². The SMILES string of the molecule is CC(Cl)c1nc2ccccc2n1C1CCN(C)CC1. The van der Waals surface area contributed by atoms with Gasteiger partial charge in [-0.2, -0.15) is 0 Å². The molecule has 2 heterocycles. The van der Waals surface area contributed by atoms with Gasteiger partial charge in [-0.05, 0) is 52.0 Å². The Labute approximate surface area is 119 Å². The van der Waals surface area contributed by atoms with Gasteiger partial charge >= 0.3 is 0 Å². The number of hydrogen-bond acceptors (Lipinski definition) is 2. The second kappa shape index (κ2) is 5.14. The maximum absolute atomic E-state index is 6.33. The maximum atomic E-state index is 6.33. The Bertz CT molecular complexity index is 568. The van der Waals surface area contributed by atoms with Crippen molar-refractivity contribution in [2.24, 2.45) is 0 Å². The maximum Gasteiger partial charge on any atom is 0.127 e. The van der Waals surface area contributed by atoms with Gasteiger partial charge in [0.15, 0.2) is 0 Å². The van der Waals surface area contributed by atoms with E-state index in [9.17, 15) is 0 Å². The predicted octanol–water partition coefficient (Wildman–Crippen LogP) is 3.60. The number of halogens is 1. The standard InChI is InChI=1S/C15H20ClN3/c1-11(16)15-17-13-5-3-4-6-14(13)19(15)12-7-9-18(2)10-8-12/h3-6,11-12H,7-10H2,1-2H3. The number of alkyl halides is 1. The van der Waals surface area contributed by atoms with Crippen LogP contribution in [0.5, 0.6) is 0 Å². The van der Waals surface area contributed by atoms with Gasteiger partial charge in [-0.3, -0.25) is 0 Å². The number of imidazole rings is 1. The van der Waals surface area contributed by atoms with Crippen molar-refractivity contribution < 1.29 is 0 Å². The number of piperidine rings is 1. The summed E-state index contributed by atoms with van der Waals surface area (Å²) in [6.07, 6.45) is 2.35. The fourth-order valence-electron chi connectivity index (χ4n) is 2.98. The highest BCUT2D eigenvalue weighted by molar-refractivity contribution is 6.20. The molecule has 1 atom stereocenters. The Morgan fingerprint density at radius 3 is 2.63 bits per heavy atom. The molecule has 1 aliphatic heterocycles. The van der Waals surface area contributed by atoms with Crippen LogP contribution >= 0.6 is 11.6 Å². The van der Waals surface area contributed by atoms with Crippen molar-refractivity contribution >= 4 is 22.6 Å². The summed E-state index contributed by atoms with van der Waals surface area (Å²) in [6.45, 7) is 4.30. The van der Waals surface area contributed by atoms with Crippen LogP contribution in [-0.4, -0.2) is 34.6 Å². The molecule has 1 saturated heterocycles. The molecule has 1 aromatic heterocycles. The van der Waals surface area contributed by atoms with E-state index in [1.165, 1.54) is 18.4 Å². The normalized spacial score (nSPS) is 19.9. The minimum absolute atomic E-state index is 0.0490. The molecule has 1 aliphatic rings. The molecular weight excluding hydrogens is 258 g/mol. The second-order valence-electron chi connectivity index (χ2n) is 5.48. The Balaban J connectivity index is 2.07. The first-order valence-corrected chi connectivity index (χ1v) is 7.40. The zero-order valence-corrected chi connectivity index (χ0v) is 12.3. The van der Waals surface area contributed by atoms with Crippen molar-refractivity contribution in [2.45, 2.75) is 31.2 Å². The molecule has 0 radical (unpaired) electrons. The topological polar surface area (TPSA) is 21.1 Å². The van der Waals surface area contributed by atoms with Crippen LogP contribution in [0.15, 0.2) is 24.3 Å². The molecule has 0 spiro atoms. The molecule has 1 aromatic carbocycles. The van der Waals surface area contributed by atoms with Crippen molar-refractivity contribution in [2.75, 3.05) is 20.1 Å². The van der Waals surface area contributed by atoms with E-state index in [1.807, 2.05) is 13.0 Å². The van der Waals surface area contributed by atoms with E-state index >= 15 is 0 Å². The molecule has 1 fully saturated rings. The van der Waals surface area contributed by atoms with E-state index < -0.39 is 0 Å². The molecule has 0 amide bonds. The van der Waals surface area contributed by atoms with Crippen LogP contribution < -0.4 is 0 Å². The number of hydrogen-bond donors (Lipinski definition) is 0. The summed E-state index contributed by atoms with van der Waals surface area (Å²) in [5.41, 5.74) is 2.28. The van der Waals surface area contributed by atoms with Crippen LogP contribution in [0.25, 0.3) is 11.0 Å². The quantitative estimate of drug-likeness (QED) is 0.782. The van der Waals surface area contributed by atoms with Crippen LogP contribution in [0.2, 0.25) is 0 Å². The highest BCUT2D eigenvalue weighted by atomic mass is 35.5. The molecular formula is C15H20ClN3. The molecule has 4 heteroatoms. The van der Waals surface area contributed by atoms with Crippen molar-refractivity contribution in [1.29, 1.82) is 0 Å². The van der Waals surface area contributed by atoms with E-state index in [0.29, 0.717) is 6.04 Å². The lowest BCUT2D eigenvalue weighted by Crippen LogP contribution is -2.32. The van der Waals surface area contributed by atoms with Gasteiger partial charge in [0, 0.05) is 6.04 Å². The molecule has 0 saturated carbocycles. The monoisotopic (exact) mass is 277 g/mol. The number of aromatic nitrogens is 2. The number of nitrogens with zero attached hydrogens (tertiary/aromatic N) is 3. The smallest absolute Gasteiger partial charge is 0.127 e. The van der Waals surface area contributed by atoms with Gasteiger partial charge in [0.1, 0.15) is 5.82 Å². The summed E-state index contributed by atoms with van der Waals surface area (Å²) >= 11 is 6.33. The number of fused-ring (bicyclic) bond motifs is 1. The van der Waals surface area contributed by atoms with Crippen LogP contribution in [0, 0.1) is 0 Å². The fraction of sp³-hybridized carbons (Fsp3) is 0.533. The largest absolute Gasteiger partial charge is 0.324 e. The van der Waals surface area contributed by atoms with Gasteiger partial charge < -0.3 is 9.47 Å². The third kappa shape index (κ3) is 2.37. The van der Waals surface area contributed by atoms with Gasteiger partial charge in [-0.15, -0.1) is 11.6 Å². The highest BCUT2D eigenvalue weighted by Crippen LogP contribution is 2.32. The molecule has 0 N–H and O–H groups in total. The van der Waals surface area contributed by atoms with Crippen molar-refractivity contribution in [3.8, 4) is 0 Å². The number of benzene rings is 1. The van der Waals surface area contributed by atoms with E-state index in [2.05, 4.69) is 34.7 Å². The van der Waals surface area contributed by atoms with E-state index in [1.54, 1.807) is 0 Å². The van der Waals surface area contributed by atoms with E-state index in [0.717, 1.165) is 24.4 Å². The molecule has 0 bridgehead atoms. The van der Waals surface area contributed by atoms with Crippen molar-refractivity contribution in [3.63, 3.8) is 0 Å². The van der Waals surface area contributed by atoms with Crippen LogP contribution in [0.1, 0.15) is 37.0 Å². The van der Waals surface area contributed by atoms with Gasteiger partial charge in [0.2, 0.25) is 0 Å². The predicted molar refractivity (Wildman–Crippen MR) is 79.8 cm³/mol. The molecule has 3 rings (SSSR count). The fourth-order valence-corrected chi connectivity index (χ4v) is 3.13. The first kappa shape index (κ1) is 12.9. The summed E-state index contributed by atoms with van der Waals surface area (Å²) < 4.78 is 2.38. The van der Waals surface area contributed by atoms with E-state index in [-0.39, 0.29) is 5.38 Å². The Hall–Kier alpha value is -1.06. The van der Waals surface area contributed by atoms with Crippen molar-refractivity contribution in [3.05, 3.63) is 30.1 Å². The zero-order valence-electron chi connectivity index (χ0n) is 11.5. The van der Waals surface area contributed by atoms with Gasteiger partial charge in [-0.25, -0.2) is 4.98 Å². The minimum atomic E-state index is -0.0490. The van der Waals surface area contributed by atoms with Crippen LogP contribution in [0.3, 0.4) is 0 Å². The summed E-state index contributed by atoms with van der Waals surface area (Å²) in [6, 6.07) is 8.88. The first-order chi connectivity index (χ1) is 9.16. The number of para-hydroxylation sites is 2. The molecule has 1 unspecified atom stereocenters. The molecule has 102 valence electrons. The summed E-state index contributed by atoms with van der Waals surface area (Å²) in [4.78, 5) is 7.11. The molecule has 19 heavy (non-hydrogen) atoms. The Morgan fingerprint density at radius 2 is 1.95 bits per heavy atom. The lowest BCUT2D eigenvalue weighted by Gasteiger charge is -2.31. The number of likely N-dealkylation sites (tertiary alicyclic amines) is 1. The second-order valence-corrected chi connectivity index (χ2v) is 6.13. The van der Waals surface area contributed by atoms with Gasteiger partial charge in [0.25, 0.3) is 0 Å². The number of rotatable bonds is 2. The Kier molecular flexibility index (Phi) is 3.50. The third-order valence-electron chi connectivity index (χ3n) is 4.03. The molecule has 3 nitrogen and oxygen atoms in total. The lowest BCUT2D eigenvalue weighted by molar-refractivity contribution is 0.221. The van der Waals surface area contributed by atoms with Crippen LogP contribution in [0.4, 0.5) is 0 Å². The summed E-state index contributed by atoms with van der Waals surface area (Å²) in [5.74, 6) is 1.01. The zero-order chi connectivity index (χ0) is 13.4. The average Bonchev–Trinajstić information content (AvgIpc) is 2.79. The van der Waals surface area contributed by atoms with Crippen molar-refractivity contribution in [1.82, 2.24) is 14.5 Å². The minimum Gasteiger partial charge on any atom is -0.324 e. The highest BCUT2D eigenvalue weighted by Gasteiger charge is 2.24. The van der Waals surface area contributed by atoms with Crippen LogP contribution in [-0.2, 0) is 0 Å². The Morgan fingerprint density at radius 1 is 1.26 bits per heavy atom. The first-order valence-electron chi connectivity index (χ1n) is 6.96. The lowest BCUT2D eigenvalue weighted by atomic mass is 10.0. The van der Waals surface area contributed by atoms with E-state index in [4.69, 9.17) is 16.6 Å². The summed E-state index contributed by atoms with van der Waals surface area (Å²) in [7, 11) is 2.19. The third-order valence-corrected chi connectivity index (χ3v) is 4.23.